The molecule has 37 heavy (non-hydrogen) atoms. The monoisotopic (exact) mass is 535 g/mol. The summed E-state index contributed by atoms with van der Waals surface area (Å²) in [4.78, 5) is 29.3. The molecule has 13 heteroatoms. The number of nitrogens with zero attached hydrogens (tertiary/aromatic N) is 1. The first-order valence-corrected chi connectivity index (χ1v) is 11.0. The van der Waals surface area contributed by atoms with Gasteiger partial charge in [0.1, 0.15) is 17.4 Å². The number of hydrogen-bond donors (Lipinski definition) is 2. The van der Waals surface area contributed by atoms with Crippen LogP contribution in [0.15, 0.2) is 42.6 Å². The van der Waals surface area contributed by atoms with Crippen LogP contribution in [-0.2, 0) is 22.1 Å². The summed E-state index contributed by atoms with van der Waals surface area (Å²) in [7, 11) is 0. The Balaban J connectivity index is 2.20. The Morgan fingerprint density at radius 1 is 0.973 bits per heavy atom. The van der Waals surface area contributed by atoms with Crippen molar-refractivity contribution in [3.05, 3.63) is 59.4 Å². The third kappa shape index (κ3) is 10.2. The molecule has 0 radical (unpaired) electrons. The van der Waals surface area contributed by atoms with E-state index in [1.807, 2.05) is 0 Å². The number of alkyl halides is 6. The van der Waals surface area contributed by atoms with Gasteiger partial charge in [0.15, 0.2) is 6.61 Å². The number of benzene rings is 1. The van der Waals surface area contributed by atoms with E-state index in [0.717, 1.165) is 12.3 Å². The van der Waals surface area contributed by atoms with E-state index in [-0.39, 0.29) is 17.0 Å². The Labute approximate surface area is 209 Å². The third-order valence-corrected chi connectivity index (χ3v) is 4.72. The molecule has 0 aliphatic carbocycles. The zero-order chi connectivity index (χ0) is 28.0. The second-order valence-corrected chi connectivity index (χ2v) is 9.11. The smallest absolute Gasteiger partial charge is 0.422 e. The van der Waals surface area contributed by atoms with Crippen molar-refractivity contribution >= 4 is 12.0 Å². The molecular formula is C24H27F6N3O4. The van der Waals surface area contributed by atoms with Crippen LogP contribution in [0, 0.1) is 0 Å². The fourth-order valence-electron chi connectivity index (χ4n) is 3.14. The minimum atomic E-state index is -4.68. The van der Waals surface area contributed by atoms with Gasteiger partial charge in [-0.3, -0.25) is 9.78 Å². The quantitative estimate of drug-likeness (QED) is 0.445. The highest BCUT2D eigenvalue weighted by atomic mass is 19.4. The highest BCUT2D eigenvalue weighted by Gasteiger charge is 2.35. The lowest BCUT2D eigenvalue weighted by atomic mass is 9.99. The minimum Gasteiger partial charge on any atom is -0.483 e. The van der Waals surface area contributed by atoms with E-state index in [2.05, 4.69) is 20.4 Å². The topological polar surface area (TPSA) is 89.6 Å². The van der Waals surface area contributed by atoms with Gasteiger partial charge in [-0.15, -0.1) is 0 Å². The zero-order valence-corrected chi connectivity index (χ0v) is 20.5. The molecule has 1 aromatic heterocycles. The Bertz CT molecular complexity index is 1070. The minimum absolute atomic E-state index is 0.146. The molecule has 0 fully saturated rings. The average Bonchev–Trinajstić information content (AvgIpc) is 2.75. The van der Waals surface area contributed by atoms with Gasteiger partial charge in [0.05, 0.1) is 23.5 Å². The number of rotatable bonds is 8. The molecule has 0 spiro atoms. The molecule has 2 N–H and O–H groups in total. The molecule has 2 rings (SSSR count). The Kier molecular flexibility index (Phi) is 9.39. The number of aromatic nitrogens is 1. The summed E-state index contributed by atoms with van der Waals surface area (Å²) in [6, 6.07) is 4.94. The van der Waals surface area contributed by atoms with Gasteiger partial charge in [-0.1, -0.05) is 18.2 Å². The Morgan fingerprint density at radius 2 is 1.62 bits per heavy atom. The van der Waals surface area contributed by atoms with Crippen molar-refractivity contribution in [3.8, 4) is 5.75 Å². The summed E-state index contributed by atoms with van der Waals surface area (Å²) in [6.07, 6.45) is -9.67. The molecule has 2 unspecified atom stereocenters. The number of alkyl carbamates (subject to hydrolysis) is 1. The second-order valence-electron chi connectivity index (χ2n) is 9.11. The van der Waals surface area contributed by atoms with Crippen molar-refractivity contribution in [3.63, 3.8) is 0 Å². The van der Waals surface area contributed by atoms with Crippen molar-refractivity contribution in [1.29, 1.82) is 0 Å². The van der Waals surface area contributed by atoms with Crippen LogP contribution in [0.3, 0.4) is 0 Å². The van der Waals surface area contributed by atoms with E-state index in [1.54, 1.807) is 20.8 Å². The molecule has 1 heterocycles. The summed E-state index contributed by atoms with van der Waals surface area (Å²) < 4.78 is 87.1. The average molecular weight is 535 g/mol. The van der Waals surface area contributed by atoms with Gasteiger partial charge in [0.2, 0.25) is 5.91 Å². The van der Waals surface area contributed by atoms with E-state index >= 15 is 0 Å². The van der Waals surface area contributed by atoms with Gasteiger partial charge in [-0.2, -0.15) is 26.3 Å². The third-order valence-electron chi connectivity index (χ3n) is 4.72. The van der Waals surface area contributed by atoms with Crippen LogP contribution in [0.2, 0.25) is 0 Å². The Morgan fingerprint density at radius 3 is 2.16 bits per heavy atom. The number of hydrogen-bond acceptors (Lipinski definition) is 5. The van der Waals surface area contributed by atoms with Gasteiger partial charge in [-0.25, -0.2) is 4.79 Å². The van der Waals surface area contributed by atoms with Crippen LogP contribution in [-0.4, -0.2) is 41.4 Å². The molecule has 0 aliphatic rings. The lowest BCUT2D eigenvalue weighted by Crippen LogP contribution is -2.50. The molecule has 7 nitrogen and oxygen atoms in total. The zero-order valence-electron chi connectivity index (χ0n) is 20.5. The van der Waals surface area contributed by atoms with Gasteiger partial charge in [0.25, 0.3) is 0 Å². The first kappa shape index (κ1) is 29.7. The van der Waals surface area contributed by atoms with Gasteiger partial charge in [-0.05, 0) is 51.5 Å². The second kappa shape index (κ2) is 11.7. The number of nitrogens with one attached hydrogen (secondary N) is 2. The van der Waals surface area contributed by atoms with Crippen molar-refractivity contribution in [2.75, 3.05) is 6.61 Å². The predicted molar refractivity (Wildman–Crippen MR) is 121 cm³/mol. The highest BCUT2D eigenvalue weighted by molar-refractivity contribution is 5.86. The number of carbonyl (C=O) groups is 2. The van der Waals surface area contributed by atoms with Crippen LogP contribution in [0.5, 0.6) is 5.75 Å². The van der Waals surface area contributed by atoms with Crippen LogP contribution >= 0.6 is 0 Å². The fraction of sp³-hybridized carbons (Fsp3) is 0.458. The van der Waals surface area contributed by atoms with Crippen LogP contribution in [0.4, 0.5) is 31.1 Å². The van der Waals surface area contributed by atoms with Gasteiger partial charge in [0, 0.05) is 6.42 Å². The maximum absolute atomic E-state index is 13.5. The number of halogens is 6. The van der Waals surface area contributed by atoms with Crippen molar-refractivity contribution in [2.24, 2.45) is 0 Å². The molecule has 204 valence electrons. The van der Waals surface area contributed by atoms with E-state index in [9.17, 15) is 35.9 Å². The number of amides is 2. The summed E-state index contributed by atoms with van der Waals surface area (Å²) in [5.41, 5.74) is -1.87. The van der Waals surface area contributed by atoms with E-state index in [4.69, 9.17) is 4.74 Å². The fourth-order valence-corrected chi connectivity index (χ4v) is 3.14. The van der Waals surface area contributed by atoms with Gasteiger partial charge < -0.3 is 20.1 Å². The summed E-state index contributed by atoms with van der Waals surface area (Å²) in [5, 5.41) is 4.85. The van der Waals surface area contributed by atoms with Crippen molar-refractivity contribution in [2.45, 2.75) is 64.2 Å². The molecule has 0 aliphatic heterocycles. The lowest BCUT2D eigenvalue weighted by molar-refractivity contribution is -0.153. The normalized spacial score (nSPS) is 13.9. The lowest BCUT2D eigenvalue weighted by Gasteiger charge is -2.25. The molecule has 0 saturated carbocycles. The SMILES string of the molecule is CC(NC(=O)C(Cc1ccccc1C(F)(F)F)NC(=O)OC(C)(C)C)c1ccc(OCC(F)(F)F)cn1. The maximum atomic E-state index is 13.5. The number of carbonyl (C=O) groups excluding carboxylic acids is 2. The van der Waals surface area contributed by atoms with Gasteiger partial charge >= 0.3 is 18.4 Å². The Hall–Kier alpha value is -3.51. The highest BCUT2D eigenvalue weighted by Crippen LogP contribution is 2.32. The molecule has 2 amide bonds. The molecule has 0 saturated heterocycles. The summed E-state index contributed by atoms with van der Waals surface area (Å²) in [5.74, 6) is -0.970. The number of ether oxygens (including phenoxy) is 2. The molecule has 0 bridgehead atoms. The number of pyridine rings is 1. The molecule has 2 atom stereocenters. The molecular weight excluding hydrogens is 508 g/mol. The van der Waals surface area contributed by atoms with E-state index in [0.29, 0.717) is 0 Å². The maximum Gasteiger partial charge on any atom is 0.422 e. The summed E-state index contributed by atoms with van der Waals surface area (Å²) >= 11 is 0. The van der Waals surface area contributed by atoms with E-state index in [1.165, 1.54) is 37.3 Å². The molecule has 1 aromatic carbocycles. The van der Waals surface area contributed by atoms with Crippen molar-refractivity contribution in [1.82, 2.24) is 15.6 Å². The largest absolute Gasteiger partial charge is 0.483 e. The van der Waals surface area contributed by atoms with Crippen LogP contribution in [0.1, 0.15) is 50.6 Å². The van der Waals surface area contributed by atoms with Crippen LogP contribution in [0.25, 0.3) is 0 Å². The first-order chi connectivity index (χ1) is 16.9. The van der Waals surface area contributed by atoms with Crippen molar-refractivity contribution < 1.29 is 45.4 Å². The first-order valence-electron chi connectivity index (χ1n) is 11.0. The predicted octanol–water partition coefficient (Wildman–Crippen LogP) is 5.35. The summed E-state index contributed by atoms with van der Waals surface area (Å²) in [6.45, 7) is 4.74. The van der Waals surface area contributed by atoms with Crippen LogP contribution < -0.4 is 15.4 Å². The van der Waals surface area contributed by atoms with E-state index < -0.39 is 60.6 Å². The standard InChI is InChI=1S/C24H27F6N3O4/c1-14(18-10-9-16(12-31-18)36-13-23(25,26)27)32-20(34)19(33-21(35)37-22(2,3)4)11-15-7-5-6-8-17(15)24(28,29)30/h5-10,12,14,19H,11,13H2,1-4H3,(H,32,34)(H,33,35). The molecule has 2 aromatic rings.